The molecular weight excluding hydrogens is 620 g/mol. The second-order valence-corrected chi connectivity index (χ2v) is 14.6. The number of aryl methyl sites for hydroxylation is 1. The van der Waals surface area contributed by atoms with Crippen LogP contribution < -0.4 is 4.90 Å². The Bertz CT molecular complexity index is 1690. The predicted octanol–water partition coefficient (Wildman–Crippen LogP) is 7.81. The number of anilines is 1. The van der Waals surface area contributed by atoms with Gasteiger partial charge in [0.1, 0.15) is 0 Å². The van der Waals surface area contributed by atoms with E-state index >= 15 is 0 Å². The monoisotopic (exact) mass is 662 g/mol. The number of nitrogens with zero attached hydrogens (tertiary/aromatic N) is 2. The fraction of sp³-hybridized carbons (Fsp3) is 0.424. The Kier molecular flexibility index (Phi) is 13.4. The molecule has 0 amide bonds. The fourth-order valence-electron chi connectivity index (χ4n) is 5.19. The summed E-state index contributed by atoms with van der Waals surface area (Å²) in [5, 5.41) is 3.03. The van der Waals surface area contributed by atoms with Crippen molar-refractivity contribution in [3.05, 3.63) is 88.1 Å². The summed E-state index contributed by atoms with van der Waals surface area (Å²) in [7, 11) is -7.94. The summed E-state index contributed by atoms with van der Waals surface area (Å²) in [5.74, 6) is -0.518. The number of unbranched alkanes of at least 4 members (excludes halogenated alkanes) is 2. The number of fused-ring (bicyclic) bond motifs is 1. The van der Waals surface area contributed by atoms with Gasteiger partial charge in [-0.1, -0.05) is 54.1 Å². The minimum absolute atomic E-state index is 0.253. The van der Waals surface area contributed by atoms with Crippen LogP contribution in [-0.4, -0.2) is 56.2 Å². The van der Waals surface area contributed by atoms with E-state index in [4.69, 9.17) is 16.2 Å². The molecule has 1 aliphatic carbocycles. The molecule has 0 heterocycles. The van der Waals surface area contributed by atoms with Crippen LogP contribution >= 0.6 is 11.6 Å². The summed E-state index contributed by atoms with van der Waals surface area (Å²) in [6.45, 7) is 7.09. The average molecular weight is 663 g/mol. The Morgan fingerprint density at radius 1 is 0.955 bits per heavy atom. The molecule has 0 saturated carbocycles. The second-order valence-electron chi connectivity index (χ2n) is 11.1. The molecule has 0 atom stereocenters. The van der Waals surface area contributed by atoms with E-state index in [1.54, 1.807) is 0 Å². The smallest absolute Gasteiger partial charge is 0.264 e. The van der Waals surface area contributed by atoms with Crippen LogP contribution in [0.5, 0.6) is 0 Å². The van der Waals surface area contributed by atoms with E-state index in [-0.39, 0.29) is 11.5 Å². The third-order valence-electron chi connectivity index (χ3n) is 7.60. The van der Waals surface area contributed by atoms with E-state index in [9.17, 15) is 21.4 Å². The van der Waals surface area contributed by atoms with Gasteiger partial charge in [0.15, 0.2) is 0 Å². The van der Waals surface area contributed by atoms with Crippen LogP contribution in [-0.2, 0) is 20.2 Å². The second kappa shape index (κ2) is 16.5. The van der Waals surface area contributed by atoms with Crippen molar-refractivity contribution in [2.45, 2.75) is 65.7 Å². The lowest BCUT2D eigenvalue weighted by atomic mass is 9.94. The maximum absolute atomic E-state index is 11.3. The predicted molar refractivity (Wildman–Crippen MR) is 183 cm³/mol. The van der Waals surface area contributed by atoms with Crippen molar-refractivity contribution in [1.29, 1.82) is 0 Å². The average Bonchev–Trinajstić information content (AvgIpc) is 2.95. The van der Waals surface area contributed by atoms with Gasteiger partial charge in [0, 0.05) is 35.2 Å². The lowest BCUT2D eigenvalue weighted by Gasteiger charge is -2.28. The van der Waals surface area contributed by atoms with Crippen LogP contribution in [0.25, 0.3) is 10.8 Å². The summed E-state index contributed by atoms with van der Waals surface area (Å²) < 4.78 is 62.2. The molecule has 0 aliphatic heterocycles. The summed E-state index contributed by atoms with van der Waals surface area (Å²) >= 11 is 6.85. The standard InChI is InChI=1S/C33H43ClN2O6S2/c1-25(35-21-6-8-23-43(37,38)39)15-17-29-12-10-13-30(33(29)34)18-16-26(2)36(22-7-9-24-44(40,41)42)32-20-19-28-11-4-5-14-31(28)27(32)3/h4-5,11,14-20H,6-10,12-13,21-24H2,1-3H3,(H,37,38,39)(H,40,41,42)/b17-15+,26-16+,30-18+,35-25?. The molecule has 2 aromatic rings. The van der Waals surface area contributed by atoms with Gasteiger partial charge in [-0.3, -0.25) is 14.1 Å². The van der Waals surface area contributed by atoms with Gasteiger partial charge in [0.25, 0.3) is 20.2 Å². The van der Waals surface area contributed by atoms with Crippen molar-refractivity contribution in [2.24, 2.45) is 4.99 Å². The minimum Gasteiger partial charge on any atom is -0.345 e. The van der Waals surface area contributed by atoms with Crippen molar-refractivity contribution in [1.82, 2.24) is 0 Å². The minimum atomic E-state index is -4.01. The zero-order chi connectivity index (χ0) is 32.3. The van der Waals surface area contributed by atoms with Crippen molar-refractivity contribution in [2.75, 3.05) is 29.5 Å². The maximum atomic E-state index is 11.3. The Hall–Kier alpha value is -2.76. The maximum Gasteiger partial charge on any atom is 0.264 e. The van der Waals surface area contributed by atoms with Crippen molar-refractivity contribution < 1.29 is 25.9 Å². The highest BCUT2D eigenvalue weighted by Gasteiger charge is 2.16. The van der Waals surface area contributed by atoms with Crippen LogP contribution in [0.2, 0.25) is 0 Å². The molecule has 0 radical (unpaired) electrons. The molecule has 0 aromatic heterocycles. The van der Waals surface area contributed by atoms with Gasteiger partial charge in [-0.2, -0.15) is 16.8 Å². The molecule has 0 spiro atoms. The number of rotatable bonds is 15. The largest absolute Gasteiger partial charge is 0.345 e. The van der Waals surface area contributed by atoms with E-state index in [0.717, 1.165) is 68.9 Å². The van der Waals surface area contributed by atoms with Crippen LogP contribution in [0, 0.1) is 6.92 Å². The third kappa shape index (κ3) is 11.6. The van der Waals surface area contributed by atoms with Crippen molar-refractivity contribution >= 4 is 54.0 Å². The first kappa shape index (κ1) is 35.7. The van der Waals surface area contributed by atoms with Crippen LogP contribution in [0.1, 0.15) is 64.4 Å². The topological polar surface area (TPSA) is 124 Å². The van der Waals surface area contributed by atoms with Gasteiger partial charge in [0.2, 0.25) is 0 Å². The van der Waals surface area contributed by atoms with Gasteiger partial charge >= 0.3 is 0 Å². The molecule has 2 aromatic carbocycles. The van der Waals surface area contributed by atoms with E-state index in [2.05, 4.69) is 53.2 Å². The molecule has 44 heavy (non-hydrogen) atoms. The molecule has 0 unspecified atom stereocenters. The lowest BCUT2D eigenvalue weighted by molar-refractivity contribution is 0.478. The van der Waals surface area contributed by atoms with E-state index in [0.29, 0.717) is 38.8 Å². The molecular formula is C33H43ClN2O6S2. The van der Waals surface area contributed by atoms with Crippen LogP contribution in [0.15, 0.2) is 87.6 Å². The number of aliphatic imine (C=N–C) groups is 1. The summed E-state index contributed by atoms with van der Waals surface area (Å²) in [5.41, 5.74) is 6.06. The molecule has 3 rings (SSSR count). The van der Waals surface area contributed by atoms with Gasteiger partial charge in [-0.25, -0.2) is 0 Å². The SMILES string of the molecule is CC(/C=C/C1=C(Cl)C(=C/C=C(\C)N(CCCCS(=O)(=O)O)c2ccc3ccccc3c2C)/CCC1)=NCCCCS(=O)(=O)O. The van der Waals surface area contributed by atoms with Crippen molar-refractivity contribution in [3.8, 4) is 0 Å². The molecule has 240 valence electrons. The van der Waals surface area contributed by atoms with Crippen LogP contribution in [0.4, 0.5) is 5.69 Å². The number of halogens is 1. The first-order chi connectivity index (χ1) is 20.7. The molecule has 11 heteroatoms. The third-order valence-corrected chi connectivity index (χ3v) is 9.69. The van der Waals surface area contributed by atoms with E-state index < -0.39 is 20.2 Å². The van der Waals surface area contributed by atoms with Gasteiger partial charge in [0.05, 0.1) is 11.5 Å². The highest BCUT2D eigenvalue weighted by atomic mass is 35.5. The Morgan fingerprint density at radius 3 is 2.34 bits per heavy atom. The van der Waals surface area contributed by atoms with E-state index in [1.807, 2.05) is 38.1 Å². The summed E-state index contributed by atoms with van der Waals surface area (Å²) in [6, 6.07) is 12.4. The Labute approximate surface area is 267 Å². The quantitative estimate of drug-likeness (QED) is 0.113. The molecule has 0 saturated heterocycles. The fourth-order valence-corrected chi connectivity index (χ4v) is 6.65. The van der Waals surface area contributed by atoms with Crippen LogP contribution in [0.3, 0.4) is 0 Å². The normalized spacial score (nSPS) is 16.5. The number of hydrogen-bond donors (Lipinski definition) is 2. The summed E-state index contributed by atoms with van der Waals surface area (Å²) in [4.78, 5) is 6.66. The Morgan fingerprint density at radius 2 is 1.64 bits per heavy atom. The number of benzene rings is 2. The number of hydrogen-bond acceptors (Lipinski definition) is 6. The zero-order valence-electron chi connectivity index (χ0n) is 25.7. The zero-order valence-corrected chi connectivity index (χ0v) is 28.1. The van der Waals surface area contributed by atoms with Crippen molar-refractivity contribution in [3.63, 3.8) is 0 Å². The first-order valence-electron chi connectivity index (χ1n) is 14.9. The van der Waals surface area contributed by atoms with E-state index in [1.165, 1.54) is 0 Å². The Balaban J connectivity index is 1.80. The molecule has 8 nitrogen and oxygen atoms in total. The highest BCUT2D eigenvalue weighted by molar-refractivity contribution is 7.86. The molecule has 0 bridgehead atoms. The molecule has 2 N–H and O–H groups in total. The number of allylic oxidation sites excluding steroid dienone is 8. The molecule has 1 aliphatic rings. The van der Waals surface area contributed by atoms with Gasteiger partial charge < -0.3 is 4.90 Å². The first-order valence-corrected chi connectivity index (χ1v) is 18.5. The van der Waals surface area contributed by atoms with Gasteiger partial charge in [-0.05, 0) is 111 Å². The highest BCUT2D eigenvalue weighted by Crippen LogP contribution is 2.34. The lowest BCUT2D eigenvalue weighted by Crippen LogP contribution is -2.24. The molecule has 0 fully saturated rings. The van der Waals surface area contributed by atoms with Gasteiger partial charge in [-0.15, -0.1) is 0 Å². The summed E-state index contributed by atoms with van der Waals surface area (Å²) in [6.07, 6.45) is 12.6.